The fourth-order valence-electron chi connectivity index (χ4n) is 1.32. The molecule has 3 nitrogen and oxygen atoms in total. The highest BCUT2D eigenvalue weighted by atomic mass is 127. The molecular formula is C11H8FIN2O. The molecular weight excluding hydrogens is 322 g/mol. The molecule has 0 saturated heterocycles. The van der Waals surface area contributed by atoms with E-state index >= 15 is 0 Å². The number of nitrogens with zero attached hydrogens (tertiary/aromatic N) is 2. The summed E-state index contributed by atoms with van der Waals surface area (Å²) in [6.07, 6.45) is 3.00. The Morgan fingerprint density at radius 3 is 2.69 bits per heavy atom. The summed E-state index contributed by atoms with van der Waals surface area (Å²) < 4.78 is 14.8. The van der Waals surface area contributed by atoms with E-state index in [4.69, 9.17) is 0 Å². The molecule has 0 bridgehead atoms. The van der Waals surface area contributed by atoms with Gasteiger partial charge in [0.05, 0.1) is 16.4 Å². The van der Waals surface area contributed by atoms with Gasteiger partial charge in [0, 0.05) is 6.20 Å². The Labute approximate surface area is 105 Å². The molecule has 1 aromatic carbocycles. The minimum Gasteiger partial charge on any atom is -0.294 e. The summed E-state index contributed by atoms with van der Waals surface area (Å²) in [5, 5.41) is 0. The van der Waals surface area contributed by atoms with Crippen molar-refractivity contribution in [2.75, 3.05) is 0 Å². The van der Waals surface area contributed by atoms with E-state index in [0.29, 0.717) is 10.1 Å². The van der Waals surface area contributed by atoms with Crippen LogP contribution in [0.1, 0.15) is 5.56 Å². The molecule has 1 heterocycles. The molecule has 16 heavy (non-hydrogen) atoms. The van der Waals surface area contributed by atoms with Crippen LogP contribution in [0.5, 0.6) is 0 Å². The van der Waals surface area contributed by atoms with E-state index in [1.165, 1.54) is 29.2 Å². The summed E-state index contributed by atoms with van der Waals surface area (Å²) in [5.41, 5.74) is 0.784. The average molecular weight is 330 g/mol. The van der Waals surface area contributed by atoms with Crippen molar-refractivity contribution >= 4 is 22.6 Å². The summed E-state index contributed by atoms with van der Waals surface area (Å²) >= 11 is 1.94. The SMILES string of the molecule is O=c1c(I)cncn1Cc1ccc(F)cc1. The zero-order valence-electron chi connectivity index (χ0n) is 8.23. The summed E-state index contributed by atoms with van der Waals surface area (Å²) in [5.74, 6) is -0.281. The van der Waals surface area contributed by atoms with Gasteiger partial charge in [0.25, 0.3) is 5.56 Å². The third kappa shape index (κ3) is 2.46. The van der Waals surface area contributed by atoms with Crippen LogP contribution in [0.15, 0.2) is 41.6 Å². The van der Waals surface area contributed by atoms with Crippen molar-refractivity contribution in [3.8, 4) is 0 Å². The summed E-state index contributed by atoms with van der Waals surface area (Å²) in [6, 6.07) is 6.06. The first-order valence-electron chi connectivity index (χ1n) is 4.61. The van der Waals surface area contributed by atoms with Crippen LogP contribution in [-0.4, -0.2) is 9.55 Å². The summed E-state index contributed by atoms with van der Waals surface area (Å²) in [7, 11) is 0. The molecule has 0 fully saturated rings. The van der Waals surface area contributed by atoms with Gasteiger partial charge < -0.3 is 0 Å². The second kappa shape index (κ2) is 4.73. The fraction of sp³-hybridized carbons (Fsp3) is 0.0909. The molecule has 82 valence electrons. The molecule has 0 atom stereocenters. The topological polar surface area (TPSA) is 34.9 Å². The van der Waals surface area contributed by atoms with Crippen molar-refractivity contribution in [3.63, 3.8) is 0 Å². The lowest BCUT2D eigenvalue weighted by Gasteiger charge is -2.05. The van der Waals surface area contributed by atoms with Crippen LogP contribution < -0.4 is 5.56 Å². The molecule has 0 N–H and O–H groups in total. The Morgan fingerprint density at radius 2 is 2.00 bits per heavy atom. The first-order chi connectivity index (χ1) is 7.66. The van der Waals surface area contributed by atoms with Crippen LogP contribution in [0.3, 0.4) is 0 Å². The van der Waals surface area contributed by atoms with Crippen LogP contribution in [0.25, 0.3) is 0 Å². The Morgan fingerprint density at radius 1 is 1.31 bits per heavy atom. The molecule has 0 saturated carbocycles. The number of rotatable bonds is 2. The largest absolute Gasteiger partial charge is 0.294 e. The van der Waals surface area contributed by atoms with Crippen molar-refractivity contribution in [2.45, 2.75) is 6.54 Å². The number of halogens is 2. The van der Waals surface area contributed by atoms with Crippen LogP contribution in [0, 0.1) is 9.39 Å². The van der Waals surface area contributed by atoms with Gasteiger partial charge in [0.15, 0.2) is 0 Å². The summed E-state index contributed by atoms with van der Waals surface area (Å²) in [4.78, 5) is 15.6. The van der Waals surface area contributed by atoms with Gasteiger partial charge >= 0.3 is 0 Å². The maximum Gasteiger partial charge on any atom is 0.267 e. The van der Waals surface area contributed by atoms with Crippen LogP contribution >= 0.6 is 22.6 Å². The lowest BCUT2D eigenvalue weighted by atomic mass is 10.2. The number of hydrogen-bond donors (Lipinski definition) is 0. The molecule has 0 unspecified atom stereocenters. The van der Waals surface area contributed by atoms with Gasteiger partial charge in [-0.3, -0.25) is 9.36 Å². The van der Waals surface area contributed by atoms with E-state index < -0.39 is 0 Å². The van der Waals surface area contributed by atoms with Crippen LogP contribution in [0.2, 0.25) is 0 Å². The molecule has 5 heteroatoms. The van der Waals surface area contributed by atoms with E-state index in [1.54, 1.807) is 12.1 Å². The lowest BCUT2D eigenvalue weighted by molar-refractivity contribution is 0.625. The Balaban J connectivity index is 2.31. The van der Waals surface area contributed by atoms with E-state index in [0.717, 1.165) is 5.56 Å². The highest BCUT2D eigenvalue weighted by Crippen LogP contribution is 2.04. The monoisotopic (exact) mass is 330 g/mol. The lowest BCUT2D eigenvalue weighted by Crippen LogP contribution is -2.22. The Bertz CT molecular complexity index is 551. The van der Waals surface area contributed by atoms with Crippen molar-refractivity contribution in [1.29, 1.82) is 0 Å². The highest BCUT2D eigenvalue weighted by molar-refractivity contribution is 14.1. The molecule has 0 aliphatic heterocycles. The molecule has 0 aliphatic carbocycles. The quantitative estimate of drug-likeness (QED) is 0.790. The second-order valence-electron chi connectivity index (χ2n) is 3.30. The first-order valence-corrected chi connectivity index (χ1v) is 5.69. The van der Waals surface area contributed by atoms with Crippen molar-refractivity contribution < 1.29 is 4.39 Å². The van der Waals surface area contributed by atoms with E-state index in [-0.39, 0.29) is 11.4 Å². The first kappa shape index (κ1) is 11.3. The third-order valence-corrected chi connectivity index (χ3v) is 2.87. The molecule has 2 rings (SSSR count). The number of hydrogen-bond acceptors (Lipinski definition) is 2. The standard InChI is InChI=1S/C11H8FIN2O/c12-9-3-1-8(2-4-9)6-15-7-14-5-10(13)11(15)16/h1-5,7H,6H2. The minimum absolute atomic E-state index is 0.0834. The zero-order valence-corrected chi connectivity index (χ0v) is 10.4. The van der Waals surface area contributed by atoms with Gasteiger partial charge in [0.1, 0.15) is 5.82 Å². The smallest absolute Gasteiger partial charge is 0.267 e. The average Bonchev–Trinajstić information content (AvgIpc) is 2.28. The zero-order chi connectivity index (χ0) is 11.5. The second-order valence-corrected chi connectivity index (χ2v) is 4.46. The molecule has 0 spiro atoms. The van der Waals surface area contributed by atoms with Gasteiger partial charge in [-0.15, -0.1) is 0 Å². The van der Waals surface area contributed by atoms with Crippen molar-refractivity contribution in [1.82, 2.24) is 9.55 Å². The third-order valence-electron chi connectivity index (χ3n) is 2.13. The van der Waals surface area contributed by atoms with E-state index in [2.05, 4.69) is 4.98 Å². The minimum atomic E-state index is -0.281. The van der Waals surface area contributed by atoms with Crippen LogP contribution in [0.4, 0.5) is 4.39 Å². The maximum absolute atomic E-state index is 12.7. The van der Waals surface area contributed by atoms with Crippen LogP contribution in [-0.2, 0) is 6.54 Å². The predicted molar refractivity (Wildman–Crippen MR) is 66.7 cm³/mol. The molecule has 1 aromatic heterocycles. The van der Waals surface area contributed by atoms with Crippen molar-refractivity contribution in [2.24, 2.45) is 0 Å². The number of benzene rings is 1. The Hall–Kier alpha value is -1.24. The van der Waals surface area contributed by atoms with E-state index in [1.807, 2.05) is 22.6 Å². The van der Waals surface area contributed by atoms with Crippen molar-refractivity contribution in [3.05, 3.63) is 62.1 Å². The molecule has 0 aliphatic rings. The van der Waals surface area contributed by atoms with Gasteiger partial charge in [-0.25, -0.2) is 9.37 Å². The fourth-order valence-corrected chi connectivity index (χ4v) is 1.79. The summed E-state index contributed by atoms with van der Waals surface area (Å²) in [6.45, 7) is 0.406. The predicted octanol–water partition coefficient (Wildman–Crippen LogP) is 2.04. The normalized spacial score (nSPS) is 10.4. The Kier molecular flexibility index (Phi) is 3.33. The van der Waals surface area contributed by atoms with Gasteiger partial charge in [-0.1, -0.05) is 12.1 Å². The molecule has 0 radical (unpaired) electrons. The van der Waals surface area contributed by atoms with Gasteiger partial charge in [-0.2, -0.15) is 0 Å². The van der Waals surface area contributed by atoms with Gasteiger partial charge in [-0.05, 0) is 40.3 Å². The van der Waals surface area contributed by atoms with E-state index in [9.17, 15) is 9.18 Å². The number of aromatic nitrogens is 2. The van der Waals surface area contributed by atoms with Gasteiger partial charge in [0.2, 0.25) is 0 Å². The molecule has 0 amide bonds. The molecule has 2 aromatic rings. The highest BCUT2D eigenvalue weighted by Gasteiger charge is 2.01. The maximum atomic E-state index is 12.7.